The van der Waals surface area contributed by atoms with Crippen molar-refractivity contribution in [1.29, 1.82) is 0 Å². The number of nitrogens with one attached hydrogen (secondary N) is 2. The molecule has 0 heterocycles. The highest BCUT2D eigenvalue weighted by Crippen LogP contribution is 2.44. The summed E-state index contributed by atoms with van der Waals surface area (Å²) in [6, 6.07) is 14.4. The van der Waals surface area contributed by atoms with Crippen LogP contribution >= 0.6 is 0 Å². The van der Waals surface area contributed by atoms with Crippen LogP contribution in [0.4, 0.5) is 4.79 Å². The first kappa shape index (κ1) is 24.3. The Morgan fingerprint density at radius 2 is 1.55 bits per heavy atom. The quantitative estimate of drug-likeness (QED) is 0.508. The summed E-state index contributed by atoms with van der Waals surface area (Å²) < 4.78 is 10.6. The molecule has 33 heavy (non-hydrogen) atoms. The zero-order valence-electron chi connectivity index (χ0n) is 19.0. The number of ether oxygens (including phenoxy) is 2. The number of fused-ring (bicyclic) bond motifs is 3. The number of carboxylic acid groups (broad SMARTS) is 1. The molecule has 8 nitrogen and oxygen atoms in total. The summed E-state index contributed by atoms with van der Waals surface area (Å²) in [5.41, 5.74) is 4.42. The molecule has 2 aromatic rings. The molecule has 2 amide bonds. The van der Waals surface area contributed by atoms with Gasteiger partial charge in [-0.15, -0.1) is 0 Å². The minimum atomic E-state index is -1.01. The minimum Gasteiger partial charge on any atom is -0.481 e. The number of hydrogen-bond donors (Lipinski definition) is 3. The molecular formula is C25H30N2O6. The van der Waals surface area contributed by atoms with E-state index in [9.17, 15) is 14.4 Å². The van der Waals surface area contributed by atoms with Crippen molar-refractivity contribution < 1.29 is 29.0 Å². The summed E-state index contributed by atoms with van der Waals surface area (Å²) in [5, 5.41) is 14.3. The van der Waals surface area contributed by atoms with Crippen LogP contribution in [0.25, 0.3) is 11.1 Å². The van der Waals surface area contributed by atoms with Gasteiger partial charge in [-0.2, -0.15) is 0 Å². The highest BCUT2D eigenvalue weighted by Gasteiger charge is 2.30. The number of alkyl carbamates (subject to hydrolysis) is 1. The van der Waals surface area contributed by atoms with Gasteiger partial charge in [0.15, 0.2) is 0 Å². The Bertz CT molecular complexity index is 960. The maximum absolute atomic E-state index is 12.7. The second kappa shape index (κ2) is 11.0. The molecule has 8 heteroatoms. The second-order valence-corrected chi connectivity index (χ2v) is 8.43. The minimum absolute atomic E-state index is 0.0755. The van der Waals surface area contributed by atoms with Crippen LogP contribution in [0.5, 0.6) is 0 Å². The Morgan fingerprint density at radius 3 is 2.06 bits per heavy atom. The third kappa shape index (κ3) is 5.90. The van der Waals surface area contributed by atoms with Crippen LogP contribution in [-0.2, 0) is 19.1 Å². The van der Waals surface area contributed by atoms with Gasteiger partial charge in [-0.05, 0) is 28.2 Å². The molecule has 0 radical (unpaired) electrons. The molecule has 2 atom stereocenters. The molecule has 0 saturated carbocycles. The molecule has 1 aliphatic rings. The molecule has 0 saturated heterocycles. The lowest BCUT2D eigenvalue weighted by Crippen LogP contribution is -2.53. The molecule has 2 aromatic carbocycles. The zero-order chi connectivity index (χ0) is 24.0. The van der Waals surface area contributed by atoms with Crippen LogP contribution in [0.3, 0.4) is 0 Å². The lowest BCUT2D eigenvalue weighted by Gasteiger charge is -2.24. The van der Waals surface area contributed by atoms with Crippen molar-refractivity contribution in [3.05, 3.63) is 59.7 Å². The number of hydrogen-bond acceptors (Lipinski definition) is 5. The summed E-state index contributed by atoms with van der Waals surface area (Å²) in [5.74, 6) is -1.73. The highest BCUT2D eigenvalue weighted by atomic mass is 16.5. The van der Waals surface area contributed by atoms with Gasteiger partial charge in [0.05, 0.1) is 13.0 Å². The van der Waals surface area contributed by atoms with Gasteiger partial charge in [0.25, 0.3) is 0 Å². The summed E-state index contributed by atoms with van der Waals surface area (Å²) in [4.78, 5) is 36.3. The van der Waals surface area contributed by atoms with Crippen molar-refractivity contribution in [2.75, 3.05) is 20.3 Å². The van der Waals surface area contributed by atoms with E-state index in [-0.39, 0.29) is 31.5 Å². The van der Waals surface area contributed by atoms with Crippen LogP contribution < -0.4 is 10.6 Å². The maximum atomic E-state index is 12.7. The smallest absolute Gasteiger partial charge is 0.407 e. The van der Waals surface area contributed by atoms with Gasteiger partial charge in [-0.1, -0.05) is 62.4 Å². The molecule has 0 fully saturated rings. The SMILES string of the molecule is COCC(NC(=O)OCC1c2ccccc2-c2ccccc21)C(=O)NC(CC(=O)O)C(C)C. The summed E-state index contributed by atoms with van der Waals surface area (Å²) in [6.45, 7) is 3.68. The number of carbonyl (C=O) groups excluding carboxylic acids is 2. The van der Waals surface area contributed by atoms with E-state index in [1.165, 1.54) is 7.11 Å². The Balaban J connectivity index is 1.64. The first-order chi connectivity index (χ1) is 15.8. The number of methoxy groups -OCH3 is 1. The van der Waals surface area contributed by atoms with Gasteiger partial charge < -0.3 is 25.2 Å². The number of carbonyl (C=O) groups is 3. The third-order valence-electron chi connectivity index (χ3n) is 5.81. The molecule has 176 valence electrons. The molecule has 3 rings (SSSR count). The fourth-order valence-corrected chi connectivity index (χ4v) is 4.06. The van der Waals surface area contributed by atoms with Crippen molar-refractivity contribution in [2.24, 2.45) is 5.92 Å². The standard InChI is InChI=1S/C25H30N2O6/c1-15(2)21(12-23(28)29)26-24(30)22(14-32-3)27-25(31)33-13-20-18-10-6-4-8-16(18)17-9-5-7-11-19(17)20/h4-11,15,20-22H,12-14H2,1-3H3,(H,26,30)(H,27,31)(H,28,29). The molecule has 0 aliphatic heterocycles. The third-order valence-corrected chi connectivity index (χ3v) is 5.81. The predicted molar refractivity (Wildman–Crippen MR) is 123 cm³/mol. The van der Waals surface area contributed by atoms with Gasteiger partial charge in [-0.3, -0.25) is 9.59 Å². The average molecular weight is 455 g/mol. The number of carboxylic acids is 1. The van der Waals surface area contributed by atoms with E-state index in [2.05, 4.69) is 22.8 Å². The number of rotatable bonds is 10. The first-order valence-electron chi connectivity index (χ1n) is 10.9. The Hall–Kier alpha value is -3.39. The lowest BCUT2D eigenvalue weighted by atomic mass is 9.98. The van der Waals surface area contributed by atoms with Crippen molar-refractivity contribution in [1.82, 2.24) is 10.6 Å². The largest absolute Gasteiger partial charge is 0.481 e. The second-order valence-electron chi connectivity index (χ2n) is 8.43. The van der Waals surface area contributed by atoms with Gasteiger partial charge in [-0.25, -0.2) is 4.79 Å². The van der Waals surface area contributed by atoms with E-state index in [1.54, 1.807) is 0 Å². The molecule has 0 bridgehead atoms. The van der Waals surface area contributed by atoms with Gasteiger partial charge in [0.1, 0.15) is 12.6 Å². The van der Waals surface area contributed by atoms with Crippen molar-refractivity contribution in [3.8, 4) is 11.1 Å². The highest BCUT2D eigenvalue weighted by molar-refractivity contribution is 5.86. The van der Waals surface area contributed by atoms with Crippen molar-refractivity contribution in [3.63, 3.8) is 0 Å². The molecule has 1 aliphatic carbocycles. The van der Waals surface area contributed by atoms with E-state index in [1.807, 2.05) is 50.2 Å². The Labute approximate surface area is 193 Å². The van der Waals surface area contributed by atoms with E-state index < -0.39 is 30.1 Å². The molecule has 3 N–H and O–H groups in total. The van der Waals surface area contributed by atoms with Crippen LogP contribution in [0.2, 0.25) is 0 Å². The van der Waals surface area contributed by atoms with Crippen molar-refractivity contribution >= 4 is 18.0 Å². The van der Waals surface area contributed by atoms with E-state index in [0.717, 1.165) is 22.3 Å². The van der Waals surface area contributed by atoms with E-state index in [4.69, 9.17) is 14.6 Å². The normalized spacial score (nSPS) is 14.2. The van der Waals surface area contributed by atoms with Crippen LogP contribution in [0.1, 0.15) is 37.3 Å². The fourth-order valence-electron chi connectivity index (χ4n) is 4.06. The fraction of sp³-hybridized carbons (Fsp3) is 0.400. The monoisotopic (exact) mass is 454 g/mol. The van der Waals surface area contributed by atoms with Crippen molar-refractivity contribution in [2.45, 2.75) is 38.3 Å². The van der Waals surface area contributed by atoms with Crippen LogP contribution in [0.15, 0.2) is 48.5 Å². The maximum Gasteiger partial charge on any atom is 0.407 e. The van der Waals surface area contributed by atoms with Gasteiger partial charge >= 0.3 is 12.1 Å². The molecular weight excluding hydrogens is 424 g/mol. The van der Waals surface area contributed by atoms with E-state index >= 15 is 0 Å². The van der Waals surface area contributed by atoms with Crippen LogP contribution in [0, 0.1) is 5.92 Å². The Kier molecular flexibility index (Phi) is 8.06. The molecule has 2 unspecified atom stereocenters. The topological polar surface area (TPSA) is 114 Å². The van der Waals surface area contributed by atoms with Crippen LogP contribution in [-0.4, -0.2) is 55.5 Å². The molecule has 0 spiro atoms. The summed E-state index contributed by atoms with van der Waals surface area (Å²) in [7, 11) is 1.41. The van der Waals surface area contributed by atoms with Gasteiger partial charge in [0, 0.05) is 19.1 Å². The van der Waals surface area contributed by atoms with E-state index in [0.29, 0.717) is 0 Å². The number of amides is 2. The zero-order valence-corrected chi connectivity index (χ0v) is 19.0. The summed E-state index contributed by atoms with van der Waals surface area (Å²) in [6.07, 6.45) is -0.956. The number of aliphatic carboxylic acids is 1. The Morgan fingerprint density at radius 1 is 0.970 bits per heavy atom. The molecule has 0 aromatic heterocycles. The number of benzene rings is 2. The summed E-state index contributed by atoms with van der Waals surface area (Å²) >= 11 is 0. The first-order valence-corrected chi connectivity index (χ1v) is 10.9. The average Bonchev–Trinajstić information content (AvgIpc) is 3.10. The van der Waals surface area contributed by atoms with Gasteiger partial charge in [0.2, 0.25) is 5.91 Å². The lowest BCUT2D eigenvalue weighted by molar-refractivity contribution is -0.138. The predicted octanol–water partition coefficient (Wildman–Crippen LogP) is 3.16.